The molecule has 1 atom stereocenters. The number of aromatic nitrogens is 1. The molecule has 2 N–H and O–H groups in total. The van der Waals surface area contributed by atoms with Crippen LogP contribution in [0.1, 0.15) is 50.5 Å². The third kappa shape index (κ3) is 5.46. The van der Waals surface area contributed by atoms with Crippen molar-refractivity contribution in [3.05, 3.63) is 24.0 Å². The van der Waals surface area contributed by atoms with Gasteiger partial charge in [0.05, 0.1) is 0 Å². The Bertz CT molecular complexity index is 769. The van der Waals surface area contributed by atoms with E-state index in [9.17, 15) is 14.4 Å². The van der Waals surface area contributed by atoms with E-state index in [1.807, 2.05) is 24.1 Å². The maximum Gasteiger partial charge on any atom is 0.303 e. The highest BCUT2D eigenvalue weighted by Gasteiger charge is 2.38. The summed E-state index contributed by atoms with van der Waals surface area (Å²) in [7, 11) is 0. The summed E-state index contributed by atoms with van der Waals surface area (Å²) in [6, 6.07) is 2.02. The first-order valence-electron chi connectivity index (χ1n) is 10.3. The number of carboxylic acid groups (broad SMARTS) is 1. The second-order valence-electron chi connectivity index (χ2n) is 8.11. The minimum absolute atomic E-state index is 0.00156. The number of nitrogens with one attached hydrogen (secondary N) is 1. The molecule has 8 heteroatoms. The lowest BCUT2D eigenvalue weighted by Gasteiger charge is -2.30. The Balaban J connectivity index is 1.55. The van der Waals surface area contributed by atoms with E-state index in [0.29, 0.717) is 45.2 Å². The second-order valence-corrected chi connectivity index (χ2v) is 8.11. The number of aryl methyl sites for hydroxylation is 1. The summed E-state index contributed by atoms with van der Waals surface area (Å²) in [5.74, 6) is -0.856. The van der Waals surface area contributed by atoms with Crippen molar-refractivity contribution in [2.75, 3.05) is 31.1 Å². The van der Waals surface area contributed by atoms with Gasteiger partial charge >= 0.3 is 5.97 Å². The largest absolute Gasteiger partial charge is 0.481 e. The zero-order valence-corrected chi connectivity index (χ0v) is 17.0. The molecule has 1 unspecified atom stereocenters. The summed E-state index contributed by atoms with van der Waals surface area (Å²) in [4.78, 5) is 43.9. The quantitative estimate of drug-likeness (QED) is 0.720. The van der Waals surface area contributed by atoms with Crippen molar-refractivity contribution in [3.8, 4) is 0 Å². The molecule has 0 saturated carbocycles. The number of carboxylic acids is 1. The maximum absolute atomic E-state index is 12.8. The number of hydrogen-bond acceptors (Lipinski definition) is 5. The van der Waals surface area contributed by atoms with Gasteiger partial charge in [-0.15, -0.1) is 0 Å². The van der Waals surface area contributed by atoms with E-state index in [2.05, 4.69) is 15.2 Å². The smallest absolute Gasteiger partial charge is 0.303 e. The standard InChI is InChI=1S/C21H30N4O4/c1-16-15-22-10-6-17(16)24-11-2-12-25(14-13-24)19(27)4-8-21(9-5-20(28)29)7-3-18(26)23-21/h6,10,15H,2-5,7-9,11-14H2,1H3,(H,23,26)(H,28,29). The van der Waals surface area contributed by atoms with E-state index in [-0.39, 0.29) is 18.2 Å². The van der Waals surface area contributed by atoms with E-state index < -0.39 is 11.5 Å². The Morgan fingerprint density at radius 2 is 2.00 bits per heavy atom. The molecule has 8 nitrogen and oxygen atoms in total. The van der Waals surface area contributed by atoms with Crippen LogP contribution in [0.3, 0.4) is 0 Å². The van der Waals surface area contributed by atoms with E-state index in [0.717, 1.165) is 30.8 Å². The van der Waals surface area contributed by atoms with Gasteiger partial charge in [0.2, 0.25) is 11.8 Å². The highest BCUT2D eigenvalue weighted by Crippen LogP contribution is 2.30. The van der Waals surface area contributed by atoms with Gasteiger partial charge in [-0.3, -0.25) is 19.4 Å². The number of aliphatic carboxylic acids is 1. The molecule has 3 rings (SSSR count). The summed E-state index contributed by atoms with van der Waals surface area (Å²) < 4.78 is 0. The molecule has 2 aliphatic rings. The molecule has 0 radical (unpaired) electrons. The average Bonchev–Trinajstić information content (AvgIpc) is 2.90. The van der Waals surface area contributed by atoms with Crippen molar-refractivity contribution in [2.24, 2.45) is 0 Å². The van der Waals surface area contributed by atoms with Crippen LogP contribution in [0.15, 0.2) is 18.5 Å². The second kappa shape index (κ2) is 9.24. The van der Waals surface area contributed by atoms with Crippen molar-refractivity contribution >= 4 is 23.5 Å². The van der Waals surface area contributed by atoms with Gasteiger partial charge in [0.25, 0.3) is 0 Å². The van der Waals surface area contributed by atoms with Crippen LogP contribution in [0.25, 0.3) is 0 Å². The van der Waals surface area contributed by atoms with Crippen molar-refractivity contribution in [1.29, 1.82) is 0 Å². The summed E-state index contributed by atoms with van der Waals surface area (Å²) in [6.45, 7) is 5.09. The van der Waals surface area contributed by atoms with Gasteiger partial charge in [0.15, 0.2) is 0 Å². The molecule has 0 aliphatic carbocycles. The lowest BCUT2D eigenvalue weighted by molar-refractivity contribution is -0.137. The number of hydrogen-bond donors (Lipinski definition) is 2. The summed E-state index contributed by atoms with van der Waals surface area (Å²) in [6.07, 6.45) is 6.74. The predicted octanol–water partition coefficient (Wildman–Crippen LogP) is 1.72. The summed E-state index contributed by atoms with van der Waals surface area (Å²) in [5.41, 5.74) is 1.73. The van der Waals surface area contributed by atoms with Gasteiger partial charge in [0, 0.05) is 69.1 Å². The van der Waals surface area contributed by atoms with Crippen molar-refractivity contribution < 1.29 is 19.5 Å². The van der Waals surface area contributed by atoms with E-state index in [4.69, 9.17) is 5.11 Å². The van der Waals surface area contributed by atoms with Crippen molar-refractivity contribution in [2.45, 2.75) is 57.4 Å². The lowest BCUT2D eigenvalue weighted by Crippen LogP contribution is -2.43. The number of anilines is 1. The number of carbonyl (C=O) groups excluding carboxylic acids is 2. The van der Waals surface area contributed by atoms with Crippen molar-refractivity contribution in [3.63, 3.8) is 0 Å². The third-order valence-corrected chi connectivity index (χ3v) is 6.05. The highest BCUT2D eigenvalue weighted by molar-refractivity contribution is 5.80. The Morgan fingerprint density at radius 1 is 1.21 bits per heavy atom. The van der Waals surface area contributed by atoms with Crippen LogP contribution in [-0.2, 0) is 14.4 Å². The molecular formula is C21H30N4O4. The van der Waals surface area contributed by atoms with Crippen LogP contribution in [0, 0.1) is 6.92 Å². The minimum Gasteiger partial charge on any atom is -0.481 e. The average molecular weight is 402 g/mol. The van der Waals surface area contributed by atoms with Crippen LogP contribution < -0.4 is 10.2 Å². The molecule has 2 amide bonds. The SMILES string of the molecule is Cc1cnccc1N1CCCN(C(=O)CCC2(CCC(=O)O)CCC(=O)N2)CC1. The molecular weight excluding hydrogens is 372 g/mol. The Labute approximate surface area is 171 Å². The van der Waals surface area contributed by atoms with Gasteiger partial charge < -0.3 is 20.2 Å². The highest BCUT2D eigenvalue weighted by atomic mass is 16.4. The fourth-order valence-electron chi connectivity index (χ4n) is 4.35. The monoisotopic (exact) mass is 402 g/mol. The summed E-state index contributed by atoms with van der Waals surface area (Å²) in [5, 5.41) is 11.9. The fourth-order valence-corrected chi connectivity index (χ4v) is 4.35. The molecule has 3 heterocycles. The number of nitrogens with zero attached hydrogens (tertiary/aromatic N) is 3. The number of rotatable bonds is 7. The van der Waals surface area contributed by atoms with Crippen LogP contribution in [0.4, 0.5) is 5.69 Å². The molecule has 1 aromatic heterocycles. The van der Waals surface area contributed by atoms with Crippen LogP contribution in [-0.4, -0.2) is 64.5 Å². The Kier molecular flexibility index (Phi) is 6.71. The first-order valence-corrected chi connectivity index (χ1v) is 10.3. The first kappa shape index (κ1) is 21.1. The van der Waals surface area contributed by atoms with Crippen molar-refractivity contribution in [1.82, 2.24) is 15.2 Å². The molecule has 2 fully saturated rings. The van der Waals surface area contributed by atoms with Gasteiger partial charge in [-0.2, -0.15) is 0 Å². The molecule has 2 saturated heterocycles. The Hall–Kier alpha value is -2.64. The van der Waals surface area contributed by atoms with Gasteiger partial charge in [-0.05, 0) is 44.2 Å². The van der Waals surface area contributed by atoms with Gasteiger partial charge in [-0.1, -0.05) is 0 Å². The molecule has 1 aromatic rings. The molecule has 2 aliphatic heterocycles. The zero-order valence-electron chi connectivity index (χ0n) is 17.0. The third-order valence-electron chi connectivity index (χ3n) is 6.05. The van der Waals surface area contributed by atoms with Gasteiger partial charge in [-0.25, -0.2) is 0 Å². The van der Waals surface area contributed by atoms with E-state index >= 15 is 0 Å². The van der Waals surface area contributed by atoms with Crippen LogP contribution in [0.2, 0.25) is 0 Å². The van der Waals surface area contributed by atoms with E-state index in [1.54, 1.807) is 6.20 Å². The molecule has 158 valence electrons. The fraction of sp³-hybridized carbons (Fsp3) is 0.619. The van der Waals surface area contributed by atoms with Crippen LogP contribution in [0.5, 0.6) is 0 Å². The van der Waals surface area contributed by atoms with Crippen LogP contribution >= 0.6 is 0 Å². The normalized spacial score (nSPS) is 22.3. The van der Waals surface area contributed by atoms with E-state index in [1.165, 1.54) is 0 Å². The van der Waals surface area contributed by atoms with Gasteiger partial charge in [0.1, 0.15) is 0 Å². The molecule has 0 spiro atoms. The zero-order chi connectivity index (χ0) is 20.9. The lowest BCUT2D eigenvalue weighted by atomic mass is 9.86. The topological polar surface area (TPSA) is 103 Å². The molecule has 0 bridgehead atoms. The Morgan fingerprint density at radius 3 is 2.69 bits per heavy atom. The summed E-state index contributed by atoms with van der Waals surface area (Å²) >= 11 is 0. The number of pyridine rings is 1. The number of carbonyl (C=O) groups is 3. The first-order chi connectivity index (χ1) is 13.9. The molecule has 0 aromatic carbocycles. The number of amides is 2. The maximum atomic E-state index is 12.8. The predicted molar refractivity (Wildman–Crippen MR) is 109 cm³/mol. The minimum atomic E-state index is -0.879. The molecule has 29 heavy (non-hydrogen) atoms.